The monoisotopic (exact) mass is 299 g/mol. The fraction of sp³-hybridized carbons (Fsp3) is 0.0769. The molecule has 0 atom stereocenters. The Balaban J connectivity index is 2.26. The Morgan fingerprint density at radius 1 is 1.19 bits per heavy atom. The zero-order valence-electron chi connectivity index (χ0n) is 10.4. The molecule has 0 aliphatic heterocycles. The molecule has 0 fully saturated rings. The first-order valence-corrected chi connectivity index (χ1v) is 5.67. The third-order valence-corrected chi connectivity index (χ3v) is 2.56. The van der Waals surface area contributed by atoms with E-state index < -0.39 is 29.2 Å². The molecule has 1 heterocycles. The molecule has 21 heavy (non-hydrogen) atoms. The van der Waals surface area contributed by atoms with E-state index in [4.69, 9.17) is 5.73 Å². The SMILES string of the molecule is Nc1ccc(C(=O)Nc2cc(C(F)(F)F)ccc2F)nc1. The number of rotatable bonds is 2. The van der Waals surface area contributed by atoms with E-state index in [2.05, 4.69) is 4.98 Å². The number of nitrogen functional groups attached to an aromatic ring is 1. The zero-order valence-corrected chi connectivity index (χ0v) is 10.4. The standard InChI is InChI=1S/C13H9F4N3O/c14-9-3-1-7(13(15,16)17)5-11(9)20-12(21)10-4-2-8(18)6-19-10/h1-6H,18H2,(H,20,21). The second-order valence-corrected chi connectivity index (χ2v) is 4.12. The molecule has 2 rings (SSSR count). The fourth-order valence-corrected chi connectivity index (χ4v) is 1.52. The first-order chi connectivity index (χ1) is 9.77. The van der Waals surface area contributed by atoms with Crippen molar-refractivity contribution in [2.45, 2.75) is 6.18 Å². The molecule has 0 spiro atoms. The van der Waals surface area contributed by atoms with E-state index in [0.717, 1.165) is 0 Å². The summed E-state index contributed by atoms with van der Waals surface area (Å²) in [5, 5.41) is 2.04. The molecule has 0 radical (unpaired) electrons. The van der Waals surface area contributed by atoms with Gasteiger partial charge in [0.25, 0.3) is 5.91 Å². The molecule has 1 amide bonds. The fourth-order valence-electron chi connectivity index (χ4n) is 1.52. The Morgan fingerprint density at radius 2 is 1.90 bits per heavy atom. The lowest BCUT2D eigenvalue weighted by Crippen LogP contribution is -2.15. The van der Waals surface area contributed by atoms with Gasteiger partial charge in [-0.3, -0.25) is 4.79 Å². The first-order valence-electron chi connectivity index (χ1n) is 5.67. The molecular formula is C13H9F4N3O. The lowest BCUT2D eigenvalue weighted by molar-refractivity contribution is -0.137. The highest BCUT2D eigenvalue weighted by molar-refractivity contribution is 6.03. The summed E-state index contributed by atoms with van der Waals surface area (Å²) in [6, 6.07) is 4.41. The summed E-state index contributed by atoms with van der Waals surface area (Å²) in [5.41, 5.74) is 3.97. The molecule has 8 heteroatoms. The second kappa shape index (κ2) is 5.39. The van der Waals surface area contributed by atoms with E-state index in [1.807, 2.05) is 5.32 Å². The molecule has 0 saturated heterocycles. The number of alkyl halides is 3. The summed E-state index contributed by atoms with van der Waals surface area (Å²) in [7, 11) is 0. The van der Waals surface area contributed by atoms with Crippen molar-refractivity contribution in [1.82, 2.24) is 4.98 Å². The van der Waals surface area contributed by atoms with E-state index in [-0.39, 0.29) is 5.69 Å². The van der Waals surface area contributed by atoms with Crippen molar-refractivity contribution < 1.29 is 22.4 Å². The van der Waals surface area contributed by atoms with Crippen LogP contribution in [0.25, 0.3) is 0 Å². The van der Waals surface area contributed by atoms with E-state index >= 15 is 0 Å². The number of benzene rings is 1. The summed E-state index contributed by atoms with van der Waals surface area (Å²) in [4.78, 5) is 15.5. The van der Waals surface area contributed by atoms with E-state index in [0.29, 0.717) is 23.9 Å². The van der Waals surface area contributed by atoms with Crippen molar-refractivity contribution in [2.75, 3.05) is 11.1 Å². The molecule has 0 saturated carbocycles. The lowest BCUT2D eigenvalue weighted by atomic mass is 10.2. The minimum absolute atomic E-state index is 0.0963. The number of pyridine rings is 1. The van der Waals surface area contributed by atoms with Gasteiger partial charge in [-0.1, -0.05) is 0 Å². The van der Waals surface area contributed by atoms with Gasteiger partial charge in [-0.2, -0.15) is 13.2 Å². The van der Waals surface area contributed by atoms with Crippen LogP contribution in [-0.4, -0.2) is 10.9 Å². The predicted molar refractivity (Wildman–Crippen MR) is 68.0 cm³/mol. The highest BCUT2D eigenvalue weighted by Crippen LogP contribution is 2.31. The number of nitrogens with one attached hydrogen (secondary N) is 1. The van der Waals surface area contributed by atoms with Crippen LogP contribution in [0.2, 0.25) is 0 Å². The van der Waals surface area contributed by atoms with Gasteiger partial charge in [0, 0.05) is 0 Å². The lowest BCUT2D eigenvalue weighted by Gasteiger charge is -2.10. The maximum absolute atomic E-state index is 13.5. The normalized spacial score (nSPS) is 11.2. The van der Waals surface area contributed by atoms with E-state index in [1.165, 1.54) is 18.3 Å². The maximum Gasteiger partial charge on any atom is 0.416 e. The Labute approximate surface area is 116 Å². The highest BCUT2D eigenvalue weighted by atomic mass is 19.4. The van der Waals surface area contributed by atoms with Gasteiger partial charge in [-0.15, -0.1) is 0 Å². The summed E-state index contributed by atoms with van der Waals surface area (Å²) < 4.78 is 51.1. The number of anilines is 2. The molecule has 4 nitrogen and oxygen atoms in total. The van der Waals surface area contributed by atoms with Crippen LogP contribution in [-0.2, 0) is 6.18 Å². The van der Waals surface area contributed by atoms with Crippen LogP contribution < -0.4 is 11.1 Å². The van der Waals surface area contributed by atoms with Gasteiger partial charge in [-0.05, 0) is 30.3 Å². The Kier molecular flexibility index (Phi) is 3.79. The van der Waals surface area contributed by atoms with Crippen LogP contribution in [0.5, 0.6) is 0 Å². The first kappa shape index (κ1) is 14.8. The number of nitrogens with zero attached hydrogens (tertiary/aromatic N) is 1. The van der Waals surface area contributed by atoms with Gasteiger partial charge in [0.2, 0.25) is 0 Å². The topological polar surface area (TPSA) is 68.0 Å². The van der Waals surface area contributed by atoms with Crippen LogP contribution in [0.15, 0.2) is 36.5 Å². The van der Waals surface area contributed by atoms with Crippen LogP contribution in [0, 0.1) is 5.82 Å². The second-order valence-electron chi connectivity index (χ2n) is 4.12. The van der Waals surface area contributed by atoms with Gasteiger partial charge >= 0.3 is 6.18 Å². The van der Waals surface area contributed by atoms with E-state index in [9.17, 15) is 22.4 Å². The minimum atomic E-state index is -4.63. The Morgan fingerprint density at radius 3 is 2.48 bits per heavy atom. The maximum atomic E-state index is 13.5. The largest absolute Gasteiger partial charge is 0.416 e. The molecule has 2 aromatic rings. The van der Waals surface area contributed by atoms with Gasteiger partial charge < -0.3 is 11.1 Å². The van der Waals surface area contributed by atoms with Crippen LogP contribution in [0.1, 0.15) is 16.1 Å². The number of carbonyl (C=O) groups is 1. The summed E-state index contributed by atoms with van der Waals surface area (Å²) >= 11 is 0. The number of hydrogen-bond donors (Lipinski definition) is 2. The van der Waals surface area contributed by atoms with Gasteiger partial charge in [-0.25, -0.2) is 9.37 Å². The quantitative estimate of drug-likeness (QED) is 0.837. The number of halogens is 4. The molecule has 1 aromatic heterocycles. The molecule has 1 aromatic carbocycles. The highest BCUT2D eigenvalue weighted by Gasteiger charge is 2.31. The molecule has 110 valence electrons. The Bertz CT molecular complexity index is 668. The third kappa shape index (κ3) is 3.47. The van der Waals surface area contributed by atoms with Gasteiger partial charge in [0.05, 0.1) is 23.1 Å². The van der Waals surface area contributed by atoms with Crippen molar-refractivity contribution in [3.05, 3.63) is 53.6 Å². The number of aromatic nitrogens is 1. The Hall–Kier alpha value is -2.64. The number of carbonyl (C=O) groups excluding carboxylic acids is 1. The van der Waals surface area contributed by atoms with Crippen molar-refractivity contribution in [1.29, 1.82) is 0 Å². The van der Waals surface area contributed by atoms with Crippen molar-refractivity contribution in [3.63, 3.8) is 0 Å². The minimum Gasteiger partial charge on any atom is -0.397 e. The number of nitrogens with two attached hydrogens (primary N) is 1. The van der Waals surface area contributed by atoms with Gasteiger partial charge in [0.15, 0.2) is 0 Å². The van der Waals surface area contributed by atoms with Crippen LogP contribution >= 0.6 is 0 Å². The van der Waals surface area contributed by atoms with Crippen molar-refractivity contribution >= 4 is 17.3 Å². The summed E-state index contributed by atoms with van der Waals surface area (Å²) in [6.07, 6.45) is -3.43. The van der Waals surface area contributed by atoms with Crippen LogP contribution in [0.3, 0.4) is 0 Å². The third-order valence-electron chi connectivity index (χ3n) is 2.56. The van der Waals surface area contributed by atoms with Gasteiger partial charge in [0.1, 0.15) is 11.5 Å². The van der Waals surface area contributed by atoms with Crippen molar-refractivity contribution in [3.8, 4) is 0 Å². The number of hydrogen-bond acceptors (Lipinski definition) is 3. The smallest absolute Gasteiger partial charge is 0.397 e. The average molecular weight is 299 g/mol. The summed E-state index contributed by atoms with van der Waals surface area (Å²) in [5.74, 6) is -1.82. The molecule has 0 bridgehead atoms. The molecular weight excluding hydrogens is 290 g/mol. The average Bonchev–Trinajstić information content (AvgIpc) is 2.40. The molecule has 0 aliphatic carbocycles. The zero-order chi connectivity index (χ0) is 15.6. The molecule has 0 unspecified atom stereocenters. The molecule has 3 N–H and O–H groups in total. The van der Waals surface area contributed by atoms with Crippen LogP contribution in [0.4, 0.5) is 28.9 Å². The predicted octanol–water partition coefficient (Wildman–Crippen LogP) is 3.07. The summed E-state index contributed by atoms with van der Waals surface area (Å²) in [6.45, 7) is 0. The molecule has 0 aliphatic rings. The van der Waals surface area contributed by atoms with Crippen molar-refractivity contribution in [2.24, 2.45) is 0 Å². The number of amides is 1. The van der Waals surface area contributed by atoms with E-state index in [1.54, 1.807) is 0 Å².